The van der Waals surface area contributed by atoms with Crippen LogP contribution in [0, 0.1) is 0 Å². The van der Waals surface area contributed by atoms with Gasteiger partial charge in [-0.2, -0.15) is 5.53 Å². The summed E-state index contributed by atoms with van der Waals surface area (Å²) in [5, 5.41) is 1.78. The molecule has 0 unspecified atom stereocenters. The van der Waals surface area contributed by atoms with Crippen molar-refractivity contribution in [3.8, 4) is 0 Å². The van der Waals surface area contributed by atoms with Crippen molar-refractivity contribution in [3.63, 3.8) is 0 Å². The summed E-state index contributed by atoms with van der Waals surface area (Å²) in [5.74, 6) is 13.0. The van der Waals surface area contributed by atoms with Gasteiger partial charge in [-0.05, 0) is 0 Å². The van der Waals surface area contributed by atoms with Crippen molar-refractivity contribution in [2.75, 3.05) is 13.6 Å². The van der Waals surface area contributed by atoms with Gasteiger partial charge in [0.15, 0.2) is 0 Å². The highest BCUT2D eigenvalue weighted by atomic mass is 15.6. The Hall–Kier alpha value is -0.200. The molecule has 7 N–H and O–H groups in total. The molecule has 0 heterocycles. The highest BCUT2D eigenvalue weighted by Crippen LogP contribution is 1.62. The molecule has 52 valence electrons. The van der Waals surface area contributed by atoms with Gasteiger partial charge in [0.05, 0.1) is 0 Å². The Morgan fingerprint density at radius 1 is 1.50 bits per heavy atom. The first-order chi connectivity index (χ1) is 3.81. The maximum atomic E-state index is 4.96. The molecule has 0 aliphatic rings. The highest BCUT2D eigenvalue weighted by molar-refractivity contribution is 4.25. The monoisotopic (exact) mass is 121 g/mol. The van der Waals surface area contributed by atoms with E-state index in [0.717, 1.165) is 6.54 Å². The van der Waals surface area contributed by atoms with Gasteiger partial charge in [-0.15, -0.1) is 0 Å². The van der Waals surface area contributed by atoms with Crippen molar-refractivity contribution in [2.24, 2.45) is 17.5 Å². The maximum Gasteiger partial charge on any atom is 0.0112 e. The molecule has 0 radical (unpaired) electrons. The van der Waals surface area contributed by atoms with E-state index in [0.29, 0.717) is 0 Å². The number of hydrogen-bond acceptors (Lipinski definition) is 5. The summed E-state index contributed by atoms with van der Waals surface area (Å²) in [6.45, 7) is 2.94. The van der Waals surface area contributed by atoms with Crippen LogP contribution in [0.1, 0.15) is 6.92 Å². The molecule has 0 rings (SSSR count). The normalized spacial score (nSPS) is 8.25. The van der Waals surface area contributed by atoms with E-state index in [9.17, 15) is 0 Å². The molecular weight excluding hydrogens is 106 g/mol. The number of nitrogens with zero attached hydrogens (tertiary/aromatic N) is 1. The van der Waals surface area contributed by atoms with Crippen LogP contribution in [0.5, 0.6) is 0 Å². The number of rotatable bonds is 2. The zero-order chi connectivity index (χ0) is 6.99. The molecule has 0 atom stereocenters. The minimum Gasteiger partial charge on any atom is -0.274 e. The van der Waals surface area contributed by atoms with Gasteiger partial charge in [-0.1, -0.05) is 6.92 Å². The van der Waals surface area contributed by atoms with Gasteiger partial charge in [0.1, 0.15) is 0 Å². The molecule has 0 fully saturated rings. The summed E-state index contributed by atoms with van der Waals surface area (Å²) in [7, 11) is 1.88. The van der Waals surface area contributed by atoms with Crippen molar-refractivity contribution in [2.45, 2.75) is 6.92 Å². The second kappa shape index (κ2) is 9.93. The molecule has 0 saturated heterocycles. The number of hydrazine groups is 3. The van der Waals surface area contributed by atoms with E-state index in [4.69, 9.17) is 5.84 Å². The van der Waals surface area contributed by atoms with E-state index in [1.807, 2.05) is 14.0 Å². The van der Waals surface area contributed by atoms with E-state index in [-0.39, 0.29) is 0 Å². The van der Waals surface area contributed by atoms with E-state index in [1.54, 1.807) is 5.01 Å². The van der Waals surface area contributed by atoms with E-state index >= 15 is 0 Å². The lowest BCUT2D eigenvalue weighted by atomic mass is 10.7. The predicted octanol–water partition coefficient (Wildman–Crippen LogP) is -1.86. The maximum absolute atomic E-state index is 4.96. The van der Waals surface area contributed by atoms with Crippen LogP contribution in [0.25, 0.3) is 0 Å². The van der Waals surface area contributed by atoms with Crippen LogP contribution in [0.3, 0.4) is 0 Å². The smallest absolute Gasteiger partial charge is 0.0112 e. The average molecular weight is 121 g/mol. The second-order valence-corrected chi connectivity index (χ2v) is 1.14. The van der Waals surface area contributed by atoms with Gasteiger partial charge < -0.3 is 0 Å². The molecule has 0 aromatic heterocycles. The average Bonchev–Trinajstić information content (AvgIpc) is 1.91. The van der Waals surface area contributed by atoms with Crippen LogP contribution >= 0.6 is 0 Å². The molecule has 0 spiro atoms. The first-order valence-corrected chi connectivity index (χ1v) is 2.32. The van der Waals surface area contributed by atoms with Crippen molar-refractivity contribution in [3.05, 3.63) is 0 Å². The van der Waals surface area contributed by atoms with Crippen molar-refractivity contribution in [1.82, 2.24) is 10.5 Å². The van der Waals surface area contributed by atoms with Crippen LogP contribution < -0.4 is 23.1 Å². The summed E-state index contributed by atoms with van der Waals surface area (Å²) >= 11 is 0. The van der Waals surface area contributed by atoms with Crippen molar-refractivity contribution < 1.29 is 0 Å². The van der Waals surface area contributed by atoms with Gasteiger partial charge >= 0.3 is 0 Å². The van der Waals surface area contributed by atoms with Crippen LogP contribution in [0.2, 0.25) is 0 Å². The number of nitrogens with one attached hydrogen (secondary N) is 1. The summed E-state index contributed by atoms with van der Waals surface area (Å²) in [6.07, 6.45) is 0. The minimum absolute atomic E-state index is 0.927. The van der Waals surface area contributed by atoms with Gasteiger partial charge in [0.2, 0.25) is 0 Å². The third-order valence-electron chi connectivity index (χ3n) is 0.695. The Kier molecular flexibility index (Phi) is 13.3. The summed E-state index contributed by atoms with van der Waals surface area (Å²) in [5.41, 5.74) is 2.45. The molecule has 0 saturated carbocycles. The summed E-state index contributed by atoms with van der Waals surface area (Å²) in [6, 6.07) is 0. The SMILES string of the molecule is CCN(C)NN.NN. The Morgan fingerprint density at radius 2 is 1.88 bits per heavy atom. The molecular formula is C3H15N5. The lowest BCUT2D eigenvalue weighted by Crippen LogP contribution is -2.39. The minimum atomic E-state index is 0.927. The molecule has 0 bridgehead atoms. The third kappa shape index (κ3) is 9.25. The fourth-order valence-electron chi connectivity index (χ4n) is 0.0913. The van der Waals surface area contributed by atoms with Crippen LogP contribution in [0.15, 0.2) is 0 Å². The summed E-state index contributed by atoms with van der Waals surface area (Å²) in [4.78, 5) is 0. The first-order valence-electron chi connectivity index (χ1n) is 2.32. The van der Waals surface area contributed by atoms with Gasteiger partial charge in [0, 0.05) is 13.6 Å². The van der Waals surface area contributed by atoms with Gasteiger partial charge in [0.25, 0.3) is 0 Å². The summed E-state index contributed by atoms with van der Waals surface area (Å²) < 4.78 is 0. The van der Waals surface area contributed by atoms with Crippen LogP contribution in [0.4, 0.5) is 0 Å². The van der Waals surface area contributed by atoms with E-state index in [2.05, 4.69) is 17.2 Å². The topological polar surface area (TPSA) is 93.3 Å². The fourth-order valence-corrected chi connectivity index (χ4v) is 0.0913. The highest BCUT2D eigenvalue weighted by Gasteiger charge is 1.80. The molecule has 5 nitrogen and oxygen atoms in total. The van der Waals surface area contributed by atoms with Crippen LogP contribution in [-0.4, -0.2) is 18.6 Å². The van der Waals surface area contributed by atoms with Gasteiger partial charge in [-0.25, -0.2) is 5.01 Å². The van der Waals surface area contributed by atoms with Crippen molar-refractivity contribution >= 4 is 0 Å². The Morgan fingerprint density at radius 3 is 1.88 bits per heavy atom. The molecule has 0 amide bonds. The lowest BCUT2D eigenvalue weighted by Gasteiger charge is -2.08. The third-order valence-corrected chi connectivity index (χ3v) is 0.695. The van der Waals surface area contributed by atoms with E-state index < -0.39 is 0 Å². The van der Waals surface area contributed by atoms with Crippen molar-refractivity contribution in [1.29, 1.82) is 0 Å². The first kappa shape index (κ1) is 10.7. The second-order valence-electron chi connectivity index (χ2n) is 1.14. The molecule has 0 aromatic rings. The zero-order valence-electron chi connectivity index (χ0n) is 5.39. The Labute approximate surface area is 49.7 Å². The Balaban J connectivity index is 0. The largest absolute Gasteiger partial charge is 0.274 e. The number of nitrogens with two attached hydrogens (primary N) is 3. The van der Waals surface area contributed by atoms with Gasteiger partial charge in [-0.3, -0.25) is 17.5 Å². The molecule has 0 aliphatic heterocycles. The molecule has 8 heavy (non-hydrogen) atoms. The van der Waals surface area contributed by atoms with Crippen LogP contribution in [-0.2, 0) is 0 Å². The predicted molar refractivity (Wildman–Crippen MR) is 34.0 cm³/mol. The molecule has 0 aliphatic carbocycles. The Bertz CT molecular complexity index is 26.9. The lowest BCUT2D eigenvalue weighted by molar-refractivity contribution is 0.252. The fraction of sp³-hybridized carbons (Fsp3) is 1.00. The van der Waals surface area contributed by atoms with E-state index in [1.165, 1.54) is 0 Å². The molecule has 5 heteroatoms. The zero-order valence-corrected chi connectivity index (χ0v) is 5.39. The number of hydrogen-bond donors (Lipinski definition) is 4. The quantitative estimate of drug-likeness (QED) is 0.254. The standard InChI is InChI=1S/C3H11N3.H4N2/c1-3-6(2)5-4;1-2/h5H,3-4H2,1-2H3;1-2H2. The molecule has 0 aromatic carbocycles.